The Morgan fingerprint density at radius 1 is 1.00 bits per heavy atom. The largest absolute Gasteiger partial charge is 0.481 e. The summed E-state index contributed by atoms with van der Waals surface area (Å²) in [6.07, 6.45) is 1.79. The van der Waals surface area contributed by atoms with Gasteiger partial charge in [0.15, 0.2) is 5.96 Å². The summed E-state index contributed by atoms with van der Waals surface area (Å²) in [6.45, 7) is -0.357. The SMILES string of the molecule is CSCCC(NC(=O)CNC(=O)C(CC(=O)O)NC(=O)C(N)CCCN=C(N)N)C(=O)O. The first-order valence-electron chi connectivity index (χ1n) is 9.59. The van der Waals surface area contributed by atoms with Crippen molar-refractivity contribution in [3.8, 4) is 0 Å². The molecular formula is C17H31N7O7S. The second kappa shape index (κ2) is 15.7. The van der Waals surface area contributed by atoms with Crippen LogP contribution in [0.4, 0.5) is 0 Å². The van der Waals surface area contributed by atoms with Gasteiger partial charge in [-0.15, -0.1) is 0 Å². The van der Waals surface area contributed by atoms with Crippen LogP contribution >= 0.6 is 11.8 Å². The van der Waals surface area contributed by atoms with Crippen molar-refractivity contribution in [3.05, 3.63) is 0 Å². The van der Waals surface area contributed by atoms with Gasteiger partial charge in [0.25, 0.3) is 0 Å². The molecule has 0 rings (SSSR count). The zero-order chi connectivity index (χ0) is 24.7. The van der Waals surface area contributed by atoms with E-state index in [0.29, 0.717) is 12.2 Å². The van der Waals surface area contributed by atoms with Crippen LogP contribution in [0.2, 0.25) is 0 Å². The van der Waals surface area contributed by atoms with Crippen molar-refractivity contribution in [3.63, 3.8) is 0 Å². The van der Waals surface area contributed by atoms with Gasteiger partial charge in [-0.1, -0.05) is 0 Å². The van der Waals surface area contributed by atoms with E-state index in [9.17, 15) is 24.0 Å². The number of thioether (sulfide) groups is 1. The number of carbonyl (C=O) groups excluding carboxylic acids is 3. The fourth-order valence-electron chi connectivity index (χ4n) is 2.34. The Bertz CT molecular complexity index is 701. The first-order chi connectivity index (χ1) is 15.0. The van der Waals surface area contributed by atoms with Crippen LogP contribution in [0.25, 0.3) is 0 Å². The monoisotopic (exact) mass is 477 g/mol. The molecule has 3 atom stereocenters. The summed E-state index contributed by atoms with van der Waals surface area (Å²) in [5.41, 5.74) is 16.1. The second-order valence-corrected chi connectivity index (χ2v) is 7.66. The van der Waals surface area contributed by atoms with Crippen LogP contribution in [0, 0.1) is 0 Å². The molecule has 32 heavy (non-hydrogen) atoms. The van der Waals surface area contributed by atoms with Gasteiger partial charge < -0.3 is 43.4 Å². The van der Waals surface area contributed by atoms with Crippen molar-refractivity contribution in [2.75, 3.05) is 25.1 Å². The zero-order valence-electron chi connectivity index (χ0n) is 17.7. The summed E-state index contributed by atoms with van der Waals surface area (Å²) >= 11 is 1.41. The summed E-state index contributed by atoms with van der Waals surface area (Å²) in [5.74, 6) is -4.65. The normalized spacial score (nSPS) is 13.2. The third-order valence-electron chi connectivity index (χ3n) is 3.98. The van der Waals surface area contributed by atoms with Gasteiger partial charge in [0, 0.05) is 6.54 Å². The Morgan fingerprint density at radius 3 is 2.19 bits per heavy atom. The van der Waals surface area contributed by atoms with Crippen molar-refractivity contribution in [1.82, 2.24) is 16.0 Å². The number of nitrogens with one attached hydrogen (secondary N) is 3. The summed E-state index contributed by atoms with van der Waals surface area (Å²) in [4.78, 5) is 62.4. The molecule has 0 aromatic rings. The molecule has 0 heterocycles. The molecule has 0 aromatic heterocycles. The molecule has 0 fully saturated rings. The molecule has 0 aliphatic rings. The van der Waals surface area contributed by atoms with Gasteiger partial charge in [-0.25, -0.2) is 4.79 Å². The number of nitrogens with zero attached hydrogens (tertiary/aromatic N) is 1. The van der Waals surface area contributed by atoms with Crippen molar-refractivity contribution in [1.29, 1.82) is 0 Å². The molecule has 0 aliphatic carbocycles. The lowest BCUT2D eigenvalue weighted by atomic mass is 10.1. The number of carbonyl (C=O) groups is 5. The average molecular weight is 478 g/mol. The highest BCUT2D eigenvalue weighted by Crippen LogP contribution is 2.01. The lowest BCUT2D eigenvalue weighted by molar-refractivity contribution is -0.142. The van der Waals surface area contributed by atoms with Gasteiger partial charge in [0.05, 0.1) is 19.0 Å². The highest BCUT2D eigenvalue weighted by atomic mass is 32.2. The smallest absolute Gasteiger partial charge is 0.326 e. The summed E-state index contributed by atoms with van der Waals surface area (Å²) in [6, 6.07) is -3.65. The first kappa shape index (κ1) is 28.9. The van der Waals surface area contributed by atoms with Gasteiger partial charge in [0.1, 0.15) is 12.1 Å². The topological polar surface area (TPSA) is 252 Å². The van der Waals surface area contributed by atoms with Crippen LogP contribution in [0.1, 0.15) is 25.7 Å². The van der Waals surface area contributed by atoms with Crippen LogP contribution in [0.15, 0.2) is 4.99 Å². The van der Waals surface area contributed by atoms with Gasteiger partial charge >= 0.3 is 11.9 Å². The van der Waals surface area contributed by atoms with Crippen molar-refractivity contribution >= 4 is 47.4 Å². The highest BCUT2D eigenvalue weighted by Gasteiger charge is 2.27. The number of carboxylic acid groups (broad SMARTS) is 2. The number of guanidine groups is 1. The van der Waals surface area contributed by atoms with E-state index in [-0.39, 0.29) is 25.3 Å². The summed E-state index contributed by atoms with van der Waals surface area (Å²) in [7, 11) is 0. The lowest BCUT2D eigenvalue weighted by Crippen LogP contribution is -2.54. The third kappa shape index (κ3) is 13.3. The second-order valence-electron chi connectivity index (χ2n) is 6.67. The molecule has 11 N–H and O–H groups in total. The van der Waals surface area contributed by atoms with E-state index in [1.807, 2.05) is 0 Å². The predicted molar refractivity (Wildman–Crippen MR) is 118 cm³/mol. The van der Waals surface area contributed by atoms with Crippen LogP contribution in [-0.4, -0.2) is 89.1 Å². The Kier molecular flexibility index (Phi) is 14.2. The molecule has 0 saturated heterocycles. The number of aliphatic carboxylic acids is 2. The molecule has 3 amide bonds. The molecule has 3 unspecified atom stereocenters. The third-order valence-corrected chi connectivity index (χ3v) is 4.63. The number of nitrogens with two attached hydrogens (primary N) is 3. The molecule has 0 spiro atoms. The molecule has 182 valence electrons. The minimum Gasteiger partial charge on any atom is -0.481 e. The predicted octanol–water partition coefficient (Wildman–Crippen LogP) is -3.23. The number of rotatable bonds is 16. The Labute approximate surface area is 189 Å². The molecular weight excluding hydrogens is 446 g/mol. The van der Waals surface area contributed by atoms with E-state index in [0.717, 1.165) is 0 Å². The summed E-state index contributed by atoms with van der Waals surface area (Å²) < 4.78 is 0. The maximum Gasteiger partial charge on any atom is 0.326 e. The fraction of sp³-hybridized carbons (Fsp3) is 0.647. The summed E-state index contributed by atoms with van der Waals surface area (Å²) in [5, 5.41) is 24.8. The van der Waals surface area contributed by atoms with E-state index in [4.69, 9.17) is 27.4 Å². The maximum absolute atomic E-state index is 12.3. The van der Waals surface area contributed by atoms with Crippen LogP contribution < -0.4 is 33.2 Å². The van der Waals surface area contributed by atoms with Crippen molar-refractivity contribution < 1.29 is 34.2 Å². The number of hydrogen-bond donors (Lipinski definition) is 8. The zero-order valence-corrected chi connectivity index (χ0v) is 18.5. The van der Waals surface area contributed by atoms with E-state index >= 15 is 0 Å². The molecule has 0 aromatic carbocycles. The van der Waals surface area contributed by atoms with Crippen molar-refractivity contribution in [2.45, 2.75) is 43.8 Å². The Hall–Kier alpha value is -3.07. The van der Waals surface area contributed by atoms with Gasteiger partial charge in [-0.2, -0.15) is 11.8 Å². The van der Waals surface area contributed by atoms with E-state index in [1.165, 1.54) is 11.8 Å². The number of hydrogen-bond acceptors (Lipinski definition) is 8. The number of amides is 3. The quantitative estimate of drug-likeness (QED) is 0.0622. The minimum atomic E-state index is -1.48. The average Bonchev–Trinajstić information content (AvgIpc) is 2.70. The number of aliphatic imine (C=N–C) groups is 1. The maximum atomic E-state index is 12.3. The molecule has 0 saturated carbocycles. The highest BCUT2D eigenvalue weighted by molar-refractivity contribution is 7.98. The molecule has 0 bridgehead atoms. The van der Waals surface area contributed by atoms with Crippen LogP contribution in [0.5, 0.6) is 0 Å². The first-order valence-corrected chi connectivity index (χ1v) is 11.0. The van der Waals surface area contributed by atoms with E-state index in [1.54, 1.807) is 6.26 Å². The molecule has 14 nitrogen and oxygen atoms in total. The van der Waals surface area contributed by atoms with Crippen molar-refractivity contribution in [2.24, 2.45) is 22.2 Å². The fourth-order valence-corrected chi connectivity index (χ4v) is 2.81. The van der Waals surface area contributed by atoms with Gasteiger partial charge in [-0.3, -0.25) is 24.2 Å². The lowest BCUT2D eigenvalue weighted by Gasteiger charge is -2.20. The number of carboxylic acids is 2. The molecule has 0 aliphatic heterocycles. The Balaban J connectivity index is 4.78. The van der Waals surface area contributed by atoms with Crippen LogP contribution in [-0.2, 0) is 24.0 Å². The van der Waals surface area contributed by atoms with Crippen LogP contribution in [0.3, 0.4) is 0 Å². The van der Waals surface area contributed by atoms with Gasteiger partial charge in [0.2, 0.25) is 17.7 Å². The Morgan fingerprint density at radius 2 is 1.66 bits per heavy atom. The van der Waals surface area contributed by atoms with E-state index in [2.05, 4.69) is 20.9 Å². The van der Waals surface area contributed by atoms with E-state index < -0.39 is 60.8 Å². The van der Waals surface area contributed by atoms with Gasteiger partial charge in [-0.05, 0) is 31.3 Å². The minimum absolute atomic E-state index is 0.107. The standard InChI is InChI=1S/C17H31N7O7S/c1-32-6-4-10(16(30)31)23-12(25)8-22-15(29)11(7-13(26)27)24-14(28)9(18)3-2-5-21-17(19)20/h9-11H,2-8,18H2,1H3,(H,22,29)(H,23,25)(H,24,28)(H,26,27)(H,30,31)(H4,19,20,21). The molecule has 0 radical (unpaired) electrons. The molecule has 15 heteroatoms.